The lowest BCUT2D eigenvalue weighted by atomic mass is 10.0. The highest BCUT2D eigenvalue weighted by molar-refractivity contribution is 5.80. The highest BCUT2D eigenvalue weighted by Crippen LogP contribution is 2.23. The molecule has 0 spiro atoms. The maximum Gasteiger partial charge on any atom is 0.260 e. The minimum Gasteiger partial charge on any atom is -0.497 e. The van der Waals surface area contributed by atoms with Gasteiger partial charge in [-0.3, -0.25) is 4.79 Å². The highest BCUT2D eigenvalue weighted by Gasteiger charge is 2.19. The molecule has 0 bridgehead atoms. The number of rotatable bonds is 9. The van der Waals surface area contributed by atoms with Crippen molar-refractivity contribution in [3.05, 3.63) is 59.7 Å². The fourth-order valence-electron chi connectivity index (χ4n) is 2.99. The summed E-state index contributed by atoms with van der Waals surface area (Å²) in [4.78, 5) is 14.6. The van der Waals surface area contributed by atoms with Gasteiger partial charge in [-0.05, 0) is 62.3 Å². The van der Waals surface area contributed by atoms with E-state index < -0.39 is 6.10 Å². The first-order valence-corrected chi connectivity index (χ1v) is 9.66. The molecule has 5 heteroatoms. The van der Waals surface area contributed by atoms with Gasteiger partial charge in [-0.1, -0.05) is 38.1 Å². The van der Waals surface area contributed by atoms with Crippen molar-refractivity contribution in [2.24, 2.45) is 0 Å². The topological polar surface area (TPSA) is 50.8 Å². The molecule has 2 atom stereocenters. The third-order valence-electron chi connectivity index (χ3n) is 4.78. The Morgan fingerprint density at radius 3 is 2.21 bits per heavy atom. The fraction of sp³-hybridized carbons (Fsp3) is 0.435. The molecule has 152 valence electrons. The quantitative estimate of drug-likeness (QED) is 0.710. The third kappa shape index (κ3) is 5.99. The van der Waals surface area contributed by atoms with Crippen LogP contribution in [-0.2, 0) is 4.79 Å². The Kier molecular flexibility index (Phi) is 7.88. The Morgan fingerprint density at radius 1 is 1.00 bits per heavy atom. The van der Waals surface area contributed by atoms with E-state index in [-0.39, 0.29) is 11.9 Å². The summed E-state index contributed by atoms with van der Waals surface area (Å²) in [5.41, 5.74) is 2.28. The highest BCUT2D eigenvalue weighted by atomic mass is 16.5. The molecule has 0 aliphatic rings. The number of amides is 1. The van der Waals surface area contributed by atoms with Gasteiger partial charge in [0.25, 0.3) is 5.91 Å². The van der Waals surface area contributed by atoms with Gasteiger partial charge in [0.05, 0.1) is 13.2 Å². The van der Waals surface area contributed by atoms with E-state index in [1.807, 2.05) is 56.6 Å². The Morgan fingerprint density at radius 2 is 1.61 bits per heavy atom. The molecule has 28 heavy (non-hydrogen) atoms. The molecule has 0 aliphatic carbocycles. The molecule has 0 radical (unpaired) electrons. The van der Waals surface area contributed by atoms with E-state index in [9.17, 15) is 4.79 Å². The van der Waals surface area contributed by atoms with Crippen LogP contribution in [0.4, 0.5) is 0 Å². The van der Waals surface area contributed by atoms with Crippen molar-refractivity contribution in [2.45, 2.75) is 38.8 Å². The number of carbonyl (C=O) groups excluding carboxylic acids is 1. The van der Waals surface area contributed by atoms with Crippen molar-refractivity contribution in [3.8, 4) is 11.5 Å². The number of hydrogen-bond acceptors (Lipinski definition) is 4. The lowest BCUT2D eigenvalue weighted by Crippen LogP contribution is -2.41. The predicted octanol–water partition coefficient (Wildman–Crippen LogP) is 4.01. The van der Waals surface area contributed by atoms with Crippen LogP contribution in [0.15, 0.2) is 48.5 Å². The van der Waals surface area contributed by atoms with Crippen LogP contribution >= 0.6 is 0 Å². The Labute approximate surface area is 168 Å². The lowest BCUT2D eigenvalue weighted by molar-refractivity contribution is -0.127. The number of nitrogens with zero attached hydrogens (tertiary/aromatic N) is 1. The number of ether oxygens (including phenoxy) is 2. The monoisotopic (exact) mass is 384 g/mol. The van der Waals surface area contributed by atoms with Crippen LogP contribution < -0.4 is 14.8 Å². The fourth-order valence-corrected chi connectivity index (χ4v) is 2.99. The van der Waals surface area contributed by atoms with E-state index in [0.29, 0.717) is 18.2 Å². The normalized spacial score (nSPS) is 13.3. The molecular weight excluding hydrogens is 352 g/mol. The molecule has 0 heterocycles. The first kappa shape index (κ1) is 21.8. The van der Waals surface area contributed by atoms with Gasteiger partial charge in [-0.25, -0.2) is 0 Å². The maximum atomic E-state index is 12.6. The Balaban J connectivity index is 1.99. The number of hydrogen-bond donors (Lipinski definition) is 1. The summed E-state index contributed by atoms with van der Waals surface area (Å²) in [6.07, 6.45) is -0.574. The molecule has 0 aliphatic heterocycles. The van der Waals surface area contributed by atoms with Crippen molar-refractivity contribution in [3.63, 3.8) is 0 Å². The van der Waals surface area contributed by atoms with Crippen molar-refractivity contribution in [1.82, 2.24) is 10.2 Å². The number of benzene rings is 2. The summed E-state index contributed by atoms with van der Waals surface area (Å²) in [7, 11) is 5.64. The largest absolute Gasteiger partial charge is 0.497 e. The first-order chi connectivity index (χ1) is 13.3. The van der Waals surface area contributed by atoms with Crippen molar-refractivity contribution in [1.29, 1.82) is 0 Å². The van der Waals surface area contributed by atoms with Gasteiger partial charge < -0.3 is 19.7 Å². The molecule has 5 nitrogen and oxygen atoms in total. The van der Waals surface area contributed by atoms with Crippen LogP contribution in [0.1, 0.15) is 43.9 Å². The third-order valence-corrected chi connectivity index (χ3v) is 4.78. The zero-order valence-corrected chi connectivity index (χ0v) is 17.7. The molecule has 1 N–H and O–H groups in total. The summed E-state index contributed by atoms with van der Waals surface area (Å²) in [6.45, 7) is 6.52. The van der Waals surface area contributed by atoms with E-state index in [2.05, 4.69) is 30.1 Å². The van der Waals surface area contributed by atoms with E-state index >= 15 is 0 Å². The molecule has 1 amide bonds. The lowest BCUT2D eigenvalue weighted by Gasteiger charge is -2.26. The smallest absolute Gasteiger partial charge is 0.260 e. The molecule has 0 fully saturated rings. The average molecular weight is 385 g/mol. The zero-order valence-electron chi connectivity index (χ0n) is 17.7. The average Bonchev–Trinajstić information content (AvgIpc) is 2.68. The molecule has 2 aromatic rings. The van der Waals surface area contributed by atoms with Crippen LogP contribution in [-0.4, -0.2) is 44.7 Å². The summed E-state index contributed by atoms with van der Waals surface area (Å²) in [6, 6.07) is 15.8. The summed E-state index contributed by atoms with van der Waals surface area (Å²) >= 11 is 0. The Bertz CT molecular complexity index is 774. The molecule has 0 saturated carbocycles. The van der Waals surface area contributed by atoms with Gasteiger partial charge >= 0.3 is 0 Å². The minimum absolute atomic E-state index is 0.0375. The van der Waals surface area contributed by atoms with Crippen LogP contribution in [0.3, 0.4) is 0 Å². The molecule has 2 aromatic carbocycles. The van der Waals surface area contributed by atoms with Crippen molar-refractivity contribution < 1.29 is 14.3 Å². The number of carbonyl (C=O) groups is 1. The van der Waals surface area contributed by atoms with Crippen LogP contribution in [0.2, 0.25) is 0 Å². The molecular formula is C23H32N2O3. The van der Waals surface area contributed by atoms with Gasteiger partial charge in [0, 0.05) is 6.54 Å². The van der Waals surface area contributed by atoms with E-state index in [4.69, 9.17) is 9.47 Å². The van der Waals surface area contributed by atoms with E-state index in [1.165, 1.54) is 5.56 Å². The number of likely N-dealkylation sites (N-methyl/N-ethyl adjacent to an activating group) is 1. The summed E-state index contributed by atoms with van der Waals surface area (Å²) in [5.74, 6) is 1.80. The number of methoxy groups -OCH3 is 1. The van der Waals surface area contributed by atoms with Gasteiger partial charge in [0.2, 0.25) is 0 Å². The molecule has 0 aromatic heterocycles. The van der Waals surface area contributed by atoms with Crippen LogP contribution in [0.5, 0.6) is 11.5 Å². The van der Waals surface area contributed by atoms with Gasteiger partial charge in [0.1, 0.15) is 11.5 Å². The second kappa shape index (κ2) is 10.1. The second-order valence-corrected chi connectivity index (χ2v) is 7.49. The van der Waals surface area contributed by atoms with Gasteiger partial charge in [-0.15, -0.1) is 0 Å². The van der Waals surface area contributed by atoms with Crippen molar-refractivity contribution >= 4 is 5.91 Å². The maximum absolute atomic E-state index is 12.6. The van der Waals surface area contributed by atoms with Gasteiger partial charge in [-0.2, -0.15) is 0 Å². The van der Waals surface area contributed by atoms with Crippen LogP contribution in [0.25, 0.3) is 0 Å². The van der Waals surface area contributed by atoms with Crippen LogP contribution in [0, 0.1) is 0 Å². The first-order valence-electron chi connectivity index (χ1n) is 9.66. The molecule has 2 rings (SSSR count). The van der Waals surface area contributed by atoms with Crippen molar-refractivity contribution in [2.75, 3.05) is 27.7 Å². The molecule has 0 saturated heterocycles. The second-order valence-electron chi connectivity index (χ2n) is 7.49. The number of nitrogens with one attached hydrogen (secondary N) is 1. The summed E-state index contributed by atoms with van der Waals surface area (Å²) in [5, 5.41) is 3.01. The standard InChI is InChI=1S/C23H32N2O3/c1-16(2)18-9-7-12-21(13-18)28-17(3)23(26)24-15-22(25(4)5)19-10-8-11-20(14-19)27-6/h7-14,16-17,22H,15H2,1-6H3,(H,24,26). The Hall–Kier alpha value is -2.53. The van der Waals surface area contributed by atoms with Gasteiger partial charge in [0.15, 0.2) is 6.10 Å². The minimum atomic E-state index is -0.574. The molecule has 2 unspecified atom stereocenters. The van der Waals surface area contributed by atoms with E-state index in [0.717, 1.165) is 11.3 Å². The predicted molar refractivity (Wildman–Crippen MR) is 113 cm³/mol. The summed E-state index contributed by atoms with van der Waals surface area (Å²) < 4.78 is 11.2. The zero-order chi connectivity index (χ0) is 20.7. The van der Waals surface area contributed by atoms with E-state index in [1.54, 1.807) is 14.0 Å². The SMILES string of the molecule is COc1cccc(C(CNC(=O)C(C)Oc2cccc(C(C)C)c2)N(C)C)c1.